The Morgan fingerprint density at radius 2 is 1.54 bits per heavy atom. The zero-order chi connectivity index (χ0) is 18.1. The number of imidazole rings is 1. The molecule has 10 saturated heterocycles. The number of rotatable bonds is 11. The van der Waals surface area contributed by atoms with Gasteiger partial charge in [-0.1, -0.05) is 19.8 Å². The first kappa shape index (κ1) is 13.7. The molecule has 1 spiro atoms. The molecule has 1 aromatic rings. The van der Waals surface area contributed by atoms with Crippen molar-refractivity contribution in [1.29, 1.82) is 0 Å². The SMILES string of the molecule is CCCCCCCCC=CCCc1nccn1[C]12[CH]3[CH]4[CH]5[CH]1[Fe]45321678[CH]2[CH]1[CH]6[CH]7[CH]28. The van der Waals surface area contributed by atoms with Crippen molar-refractivity contribution in [2.75, 3.05) is 0 Å². The predicted molar refractivity (Wildman–Crippen MR) is 109 cm³/mol. The normalized spacial score (nSPS) is 77.4. The van der Waals surface area contributed by atoms with Gasteiger partial charge in [0, 0.05) is 0 Å². The van der Waals surface area contributed by atoms with Crippen molar-refractivity contribution in [3.05, 3.63) is 30.4 Å². The molecule has 0 radical (unpaired) electrons. The quantitative estimate of drug-likeness (QED) is 0.208. The summed E-state index contributed by atoms with van der Waals surface area (Å²) >= 11 is 0. The Bertz CT molecular complexity index is 1270. The van der Waals surface area contributed by atoms with Crippen LogP contribution < -0.4 is 0 Å². The molecule has 10 fully saturated rings. The van der Waals surface area contributed by atoms with Crippen molar-refractivity contribution < 1.29 is 6.51 Å². The first-order valence-electron chi connectivity index (χ1n) is 12.5. The number of hydrogen-bond donors (Lipinski definition) is 0. The average Bonchev–Trinajstić information content (AvgIpc) is 3.59. The van der Waals surface area contributed by atoms with Crippen molar-refractivity contribution in [3.8, 4) is 0 Å². The second-order valence-corrected chi connectivity index (χ2v) is 37.9. The zero-order valence-corrected chi connectivity index (χ0v) is 18.2. The molecule has 11 heterocycles. The number of aryl methyl sites for hydroxylation is 1. The maximum atomic E-state index is 4.93. The Morgan fingerprint density at radius 1 is 0.893 bits per heavy atom. The van der Waals surface area contributed by atoms with E-state index in [2.05, 4.69) is 36.0 Å². The number of nitrogens with zero attached hydrogens (tertiary/aromatic N) is 2. The Morgan fingerprint density at radius 3 is 2.14 bits per heavy atom. The molecule has 10 aliphatic rings. The molecule has 11 rings (SSSR count). The predicted octanol–water partition coefficient (Wildman–Crippen LogP) is 7.38. The van der Waals surface area contributed by atoms with Crippen LogP contribution in [0.4, 0.5) is 0 Å². The van der Waals surface area contributed by atoms with Gasteiger partial charge in [-0.3, -0.25) is 0 Å². The average molecular weight is 418 g/mol. The van der Waals surface area contributed by atoms with Gasteiger partial charge >= 0.3 is 139 Å². The van der Waals surface area contributed by atoms with Gasteiger partial charge in [-0.2, -0.15) is 0 Å². The minimum atomic E-state index is -3.03. The summed E-state index contributed by atoms with van der Waals surface area (Å²) in [5, 5.41) is 0. The Labute approximate surface area is 158 Å². The minimum absolute atomic E-state index is 0.826. The molecule has 28 heavy (non-hydrogen) atoms. The van der Waals surface area contributed by atoms with E-state index in [0.717, 1.165) is 4.44 Å². The van der Waals surface area contributed by atoms with Crippen LogP contribution in [0, 0.1) is 0 Å². The van der Waals surface area contributed by atoms with Crippen molar-refractivity contribution in [2.45, 2.75) is 112 Å². The number of aromatic nitrogens is 2. The first-order valence-corrected chi connectivity index (χ1v) is 18.8. The molecule has 0 saturated carbocycles. The fraction of sp³-hybridized carbons (Fsp3) is 0.800. The van der Waals surface area contributed by atoms with Gasteiger partial charge in [0.25, 0.3) is 0 Å². The molecule has 152 valence electrons. The fourth-order valence-electron chi connectivity index (χ4n) is 19.0. The van der Waals surface area contributed by atoms with Gasteiger partial charge in [0.15, 0.2) is 0 Å². The first-order chi connectivity index (χ1) is 13.6. The summed E-state index contributed by atoms with van der Waals surface area (Å²) in [4.78, 5) is 17.5. The van der Waals surface area contributed by atoms with Crippen LogP contribution in [0.2, 0.25) is 43.3 Å². The summed E-state index contributed by atoms with van der Waals surface area (Å²) in [5.74, 6) is 1.48. The van der Waals surface area contributed by atoms with Crippen molar-refractivity contribution in [1.82, 2.24) is 9.55 Å². The van der Waals surface area contributed by atoms with E-state index in [-0.39, 0.29) is 0 Å². The van der Waals surface area contributed by atoms with Crippen LogP contribution in [0.3, 0.4) is 0 Å². The Kier molecular flexibility index (Phi) is 0.885. The van der Waals surface area contributed by atoms with Gasteiger partial charge in [0.2, 0.25) is 0 Å². The standard InChI is InChI=1S/C20H29N2.C5H5.Fe/c1-2-3-4-5-6-7-8-9-10-11-16-20-21-17-18-22(20)19-14-12-13-15-19;1-2-4-5-3-1;/h9-10,12-15,17-18H,2-8,11,16H2,1H3;1-5H;. The molecule has 0 N–H and O–H groups in total. The van der Waals surface area contributed by atoms with Crippen LogP contribution >= 0.6 is 0 Å². The van der Waals surface area contributed by atoms with Crippen LogP contribution in [-0.4, -0.2) is 9.55 Å². The van der Waals surface area contributed by atoms with Crippen molar-refractivity contribution in [2.24, 2.45) is 0 Å². The number of unbranched alkanes of at least 4 members (excludes halogenated alkanes) is 6. The molecule has 4 unspecified atom stereocenters. The molecule has 0 aromatic carbocycles. The molecule has 1 aromatic heterocycles. The van der Waals surface area contributed by atoms with E-state index in [0.29, 0.717) is 0 Å². The van der Waals surface area contributed by atoms with Crippen LogP contribution in [0.15, 0.2) is 24.5 Å². The van der Waals surface area contributed by atoms with E-state index in [1.165, 1.54) is 107 Å². The van der Waals surface area contributed by atoms with E-state index in [1.807, 2.05) is 0 Å². The molecule has 0 bridgehead atoms. The summed E-state index contributed by atoms with van der Waals surface area (Å²) in [5.41, 5.74) is 0. The molecule has 10 aliphatic heterocycles. The third kappa shape index (κ3) is 0.264. The van der Waals surface area contributed by atoms with E-state index in [9.17, 15) is 0 Å². The van der Waals surface area contributed by atoms with Crippen molar-refractivity contribution in [3.63, 3.8) is 0 Å². The van der Waals surface area contributed by atoms with Gasteiger partial charge in [-0.15, -0.1) is 0 Å². The molecular weight excluding hydrogens is 384 g/mol. The van der Waals surface area contributed by atoms with Gasteiger partial charge in [-0.25, -0.2) is 0 Å². The van der Waals surface area contributed by atoms with Gasteiger partial charge in [-0.05, 0) is 0 Å². The van der Waals surface area contributed by atoms with Crippen molar-refractivity contribution >= 4 is 0 Å². The summed E-state index contributed by atoms with van der Waals surface area (Å²) in [6.07, 6.45) is 21.7. The van der Waals surface area contributed by atoms with Gasteiger partial charge < -0.3 is 0 Å². The Balaban J connectivity index is 0.838. The molecule has 0 amide bonds. The van der Waals surface area contributed by atoms with E-state index in [1.54, 1.807) is 0 Å². The summed E-state index contributed by atoms with van der Waals surface area (Å²) < 4.78 is 3.74. The van der Waals surface area contributed by atoms with Crippen LogP contribution in [0.1, 0.15) is 64.1 Å². The third-order valence-electron chi connectivity index (χ3n) is 18.1. The van der Waals surface area contributed by atoms with Crippen LogP contribution in [0.25, 0.3) is 0 Å². The van der Waals surface area contributed by atoms with E-state index >= 15 is 0 Å². The molecular formula is C25H34FeN2. The summed E-state index contributed by atoms with van der Waals surface area (Å²) in [6.45, 7) is -0.732. The number of allylic oxidation sites excluding steroid dienone is 2. The topological polar surface area (TPSA) is 17.8 Å². The zero-order valence-electron chi connectivity index (χ0n) is 17.1. The van der Waals surface area contributed by atoms with Crippen LogP contribution in [-0.2, 0) is 17.4 Å². The second-order valence-electron chi connectivity index (χ2n) is 14.4. The maximum absolute atomic E-state index is 4.93. The van der Waals surface area contributed by atoms with Gasteiger partial charge in [0.05, 0.1) is 0 Å². The van der Waals surface area contributed by atoms with E-state index < -0.39 is 6.51 Å². The van der Waals surface area contributed by atoms with Crippen LogP contribution in [0.5, 0.6) is 0 Å². The number of fused-ring (bicyclic) bond motifs is 10. The molecule has 2 nitrogen and oxygen atoms in total. The number of hydrogen-bond acceptors (Lipinski definition) is 1. The Hall–Kier alpha value is -0.531. The molecule has 3 heteroatoms. The summed E-state index contributed by atoms with van der Waals surface area (Å²) in [6, 6.07) is 0. The van der Waals surface area contributed by atoms with Gasteiger partial charge in [0.1, 0.15) is 0 Å². The summed E-state index contributed by atoms with van der Waals surface area (Å²) in [7, 11) is 0. The third-order valence-corrected chi connectivity index (χ3v) is 60.2. The molecule has 4 atom stereocenters. The second kappa shape index (κ2) is 1.81. The fourth-order valence-corrected chi connectivity index (χ4v) is 92.7. The molecule has 0 aliphatic carbocycles. The van der Waals surface area contributed by atoms with E-state index in [4.69, 9.17) is 4.98 Å². The monoisotopic (exact) mass is 418 g/mol.